The summed E-state index contributed by atoms with van der Waals surface area (Å²) in [6, 6.07) is 16.1. The zero-order valence-electron chi connectivity index (χ0n) is 12.5. The van der Waals surface area contributed by atoms with Crippen molar-refractivity contribution in [1.82, 2.24) is 5.48 Å². The Morgan fingerprint density at radius 3 is 2.05 bits per heavy atom. The third-order valence-electron chi connectivity index (χ3n) is 2.91. The quantitative estimate of drug-likeness (QED) is 0.635. The number of hydrogen-bond acceptors (Lipinski definition) is 4. The highest BCUT2D eigenvalue weighted by Crippen LogP contribution is 2.31. The highest BCUT2D eigenvalue weighted by molar-refractivity contribution is 5.81. The van der Waals surface area contributed by atoms with Crippen LogP contribution in [-0.2, 0) is 4.79 Å². The van der Waals surface area contributed by atoms with E-state index in [2.05, 4.69) is 0 Å². The summed E-state index contributed by atoms with van der Waals surface area (Å²) in [5.74, 6) is 0.336. The molecule has 5 nitrogen and oxygen atoms in total. The molecule has 0 spiro atoms. The van der Waals surface area contributed by atoms with Crippen molar-refractivity contribution in [3.8, 4) is 11.5 Å². The summed E-state index contributed by atoms with van der Waals surface area (Å²) in [4.78, 5) is 11.9. The maximum atomic E-state index is 11.9. The summed E-state index contributed by atoms with van der Waals surface area (Å²) in [7, 11) is 0. The van der Waals surface area contributed by atoms with Gasteiger partial charge in [0.1, 0.15) is 0 Å². The van der Waals surface area contributed by atoms with Gasteiger partial charge in [0.2, 0.25) is 6.10 Å². The summed E-state index contributed by atoms with van der Waals surface area (Å²) in [5, 5.41) is 8.95. The second-order valence-electron chi connectivity index (χ2n) is 5.00. The minimum Gasteiger partial charge on any atom is -0.487 e. The number of benzene rings is 2. The van der Waals surface area contributed by atoms with E-state index >= 15 is 0 Å². The van der Waals surface area contributed by atoms with Crippen molar-refractivity contribution in [3.05, 3.63) is 60.2 Å². The summed E-state index contributed by atoms with van der Waals surface area (Å²) in [5.41, 5.74) is 2.27. The van der Waals surface area contributed by atoms with E-state index in [9.17, 15) is 4.79 Å². The first-order valence-electron chi connectivity index (χ1n) is 7.03. The third-order valence-corrected chi connectivity index (χ3v) is 2.91. The molecule has 22 heavy (non-hydrogen) atoms. The van der Waals surface area contributed by atoms with Crippen LogP contribution in [0.15, 0.2) is 54.6 Å². The molecule has 0 heterocycles. The molecule has 2 aromatic carbocycles. The number of carbonyl (C=O) groups is 1. The molecule has 2 N–H and O–H groups in total. The minimum absolute atomic E-state index is 0.0217. The van der Waals surface area contributed by atoms with Crippen LogP contribution in [0.1, 0.15) is 25.5 Å². The van der Waals surface area contributed by atoms with Gasteiger partial charge in [0, 0.05) is 5.56 Å². The predicted molar refractivity (Wildman–Crippen MR) is 81.9 cm³/mol. The van der Waals surface area contributed by atoms with Crippen molar-refractivity contribution in [3.63, 3.8) is 0 Å². The number of hydroxylamine groups is 1. The Bertz CT molecular complexity index is 613. The van der Waals surface area contributed by atoms with E-state index < -0.39 is 12.0 Å². The van der Waals surface area contributed by atoms with Crippen molar-refractivity contribution < 1.29 is 19.5 Å². The number of amides is 1. The van der Waals surface area contributed by atoms with Crippen LogP contribution in [-0.4, -0.2) is 17.2 Å². The van der Waals surface area contributed by atoms with Gasteiger partial charge in [-0.25, -0.2) is 5.48 Å². The lowest BCUT2D eigenvalue weighted by atomic mass is 10.1. The van der Waals surface area contributed by atoms with Crippen molar-refractivity contribution in [2.24, 2.45) is 0 Å². The van der Waals surface area contributed by atoms with Crippen molar-refractivity contribution in [2.75, 3.05) is 0 Å². The van der Waals surface area contributed by atoms with E-state index in [0.717, 1.165) is 0 Å². The maximum absolute atomic E-state index is 11.9. The zero-order chi connectivity index (χ0) is 15.9. The zero-order valence-corrected chi connectivity index (χ0v) is 12.5. The predicted octanol–water partition coefficient (Wildman–Crippen LogP) is 3.10. The Morgan fingerprint density at radius 2 is 1.50 bits per heavy atom. The lowest BCUT2D eigenvalue weighted by Crippen LogP contribution is -2.30. The summed E-state index contributed by atoms with van der Waals surface area (Å²) < 4.78 is 11.5. The lowest BCUT2D eigenvalue weighted by Gasteiger charge is -2.20. The fourth-order valence-electron chi connectivity index (χ4n) is 1.99. The fraction of sp³-hybridized carbons (Fsp3) is 0.235. The molecule has 5 heteroatoms. The van der Waals surface area contributed by atoms with Crippen LogP contribution in [0.4, 0.5) is 0 Å². The molecule has 0 radical (unpaired) electrons. The molecule has 0 aromatic heterocycles. The average molecular weight is 301 g/mol. The van der Waals surface area contributed by atoms with Gasteiger partial charge >= 0.3 is 0 Å². The SMILES string of the molecule is CC(C)Oc1ccccc1OC(C(=O)NO)c1ccccc1. The Hall–Kier alpha value is -2.53. The molecule has 0 bridgehead atoms. The first-order valence-corrected chi connectivity index (χ1v) is 7.03. The van der Waals surface area contributed by atoms with Crippen LogP contribution in [0.5, 0.6) is 11.5 Å². The Balaban J connectivity index is 2.30. The number of ether oxygens (including phenoxy) is 2. The Morgan fingerprint density at radius 1 is 0.955 bits per heavy atom. The summed E-state index contributed by atoms with van der Waals surface area (Å²) >= 11 is 0. The van der Waals surface area contributed by atoms with Crippen LogP contribution in [0.2, 0.25) is 0 Å². The molecule has 0 saturated heterocycles. The Labute approximate surface area is 129 Å². The summed E-state index contributed by atoms with van der Waals surface area (Å²) in [6.07, 6.45) is -0.991. The first-order chi connectivity index (χ1) is 10.6. The smallest absolute Gasteiger partial charge is 0.289 e. The summed E-state index contributed by atoms with van der Waals surface area (Å²) in [6.45, 7) is 3.82. The monoisotopic (exact) mass is 301 g/mol. The van der Waals surface area contributed by atoms with Gasteiger partial charge in [0.25, 0.3) is 5.91 Å². The van der Waals surface area contributed by atoms with E-state index in [4.69, 9.17) is 14.7 Å². The van der Waals surface area contributed by atoms with Crippen molar-refractivity contribution in [1.29, 1.82) is 0 Å². The molecular weight excluding hydrogens is 282 g/mol. The fourth-order valence-corrected chi connectivity index (χ4v) is 1.99. The molecule has 2 rings (SSSR count). The molecule has 1 atom stereocenters. The molecule has 116 valence electrons. The molecule has 2 aromatic rings. The number of hydrogen-bond donors (Lipinski definition) is 2. The van der Waals surface area contributed by atoms with E-state index in [1.54, 1.807) is 47.9 Å². The largest absolute Gasteiger partial charge is 0.487 e. The first kappa shape index (κ1) is 15.9. The number of para-hydroxylation sites is 2. The standard InChI is InChI=1S/C17H19NO4/c1-12(2)21-14-10-6-7-11-15(14)22-16(17(19)18-20)13-8-4-3-5-9-13/h3-12,16,20H,1-2H3,(H,18,19). The van der Waals surface area contributed by atoms with Crippen molar-refractivity contribution >= 4 is 5.91 Å². The highest BCUT2D eigenvalue weighted by Gasteiger charge is 2.23. The average Bonchev–Trinajstić information content (AvgIpc) is 2.53. The van der Waals surface area contributed by atoms with Crippen LogP contribution in [0, 0.1) is 0 Å². The topological polar surface area (TPSA) is 67.8 Å². The highest BCUT2D eigenvalue weighted by atomic mass is 16.5. The second kappa shape index (κ2) is 7.47. The van der Waals surface area contributed by atoms with E-state index in [1.807, 2.05) is 26.0 Å². The number of carbonyl (C=O) groups excluding carboxylic acids is 1. The maximum Gasteiger partial charge on any atom is 0.289 e. The minimum atomic E-state index is -0.969. The number of rotatable bonds is 6. The van der Waals surface area contributed by atoms with Crippen molar-refractivity contribution in [2.45, 2.75) is 26.1 Å². The van der Waals surface area contributed by atoms with Crippen LogP contribution in [0.25, 0.3) is 0 Å². The van der Waals surface area contributed by atoms with Gasteiger partial charge in [-0.2, -0.15) is 0 Å². The van der Waals surface area contributed by atoms with E-state index in [-0.39, 0.29) is 6.10 Å². The van der Waals surface area contributed by atoms with Gasteiger partial charge in [0.05, 0.1) is 6.10 Å². The number of nitrogens with one attached hydrogen (secondary N) is 1. The van der Waals surface area contributed by atoms with Gasteiger partial charge in [-0.3, -0.25) is 10.0 Å². The molecule has 0 saturated carbocycles. The molecule has 0 aliphatic rings. The molecule has 0 fully saturated rings. The third kappa shape index (κ3) is 3.99. The Kier molecular flexibility index (Phi) is 5.38. The van der Waals surface area contributed by atoms with Crippen LogP contribution in [0.3, 0.4) is 0 Å². The molecule has 0 aliphatic carbocycles. The second-order valence-corrected chi connectivity index (χ2v) is 5.00. The van der Waals surface area contributed by atoms with Crippen LogP contribution < -0.4 is 15.0 Å². The van der Waals surface area contributed by atoms with Crippen LogP contribution >= 0.6 is 0 Å². The van der Waals surface area contributed by atoms with Gasteiger partial charge in [-0.05, 0) is 26.0 Å². The van der Waals surface area contributed by atoms with Gasteiger partial charge < -0.3 is 9.47 Å². The molecule has 1 amide bonds. The van der Waals surface area contributed by atoms with E-state index in [0.29, 0.717) is 17.1 Å². The van der Waals surface area contributed by atoms with E-state index in [1.165, 1.54) is 0 Å². The molecule has 1 unspecified atom stereocenters. The molecule has 0 aliphatic heterocycles. The normalized spacial score (nSPS) is 11.8. The lowest BCUT2D eigenvalue weighted by molar-refractivity contribution is -0.136. The molecular formula is C17H19NO4. The van der Waals surface area contributed by atoms with Gasteiger partial charge in [-0.15, -0.1) is 0 Å². The van der Waals surface area contributed by atoms with Gasteiger partial charge in [0.15, 0.2) is 11.5 Å². The van der Waals surface area contributed by atoms with Gasteiger partial charge in [-0.1, -0.05) is 42.5 Å².